The van der Waals surface area contributed by atoms with E-state index in [1.807, 2.05) is 0 Å². The standard InChI is InChI=1S/C8H3Br2FN2S/c9-6-2-1-4(11)3-5(6)7-12-8(10)14-13-7/h1-3H. The normalized spacial score (nSPS) is 10.5. The molecule has 0 amide bonds. The number of halogens is 3. The molecule has 0 saturated carbocycles. The van der Waals surface area contributed by atoms with Crippen molar-refractivity contribution in [1.29, 1.82) is 0 Å². The van der Waals surface area contributed by atoms with Crippen LogP contribution in [0.15, 0.2) is 26.6 Å². The van der Waals surface area contributed by atoms with E-state index in [0.717, 1.165) is 4.47 Å². The Morgan fingerprint density at radius 3 is 2.71 bits per heavy atom. The third kappa shape index (κ3) is 2.02. The van der Waals surface area contributed by atoms with Crippen LogP contribution in [0.1, 0.15) is 0 Å². The van der Waals surface area contributed by atoms with Crippen LogP contribution in [-0.2, 0) is 0 Å². The fourth-order valence-electron chi connectivity index (χ4n) is 0.983. The summed E-state index contributed by atoms with van der Waals surface area (Å²) in [6.45, 7) is 0. The Hall–Kier alpha value is -0.330. The van der Waals surface area contributed by atoms with E-state index >= 15 is 0 Å². The molecule has 0 spiro atoms. The lowest BCUT2D eigenvalue weighted by molar-refractivity contribution is 0.628. The summed E-state index contributed by atoms with van der Waals surface area (Å²) >= 11 is 7.75. The van der Waals surface area contributed by atoms with Crippen LogP contribution >= 0.6 is 43.4 Å². The van der Waals surface area contributed by atoms with Gasteiger partial charge in [0.15, 0.2) is 9.74 Å². The molecule has 14 heavy (non-hydrogen) atoms. The molecule has 1 aromatic carbocycles. The highest BCUT2D eigenvalue weighted by molar-refractivity contribution is 9.11. The Morgan fingerprint density at radius 1 is 1.29 bits per heavy atom. The van der Waals surface area contributed by atoms with Crippen LogP contribution in [0.4, 0.5) is 4.39 Å². The number of aromatic nitrogens is 2. The van der Waals surface area contributed by atoms with Crippen LogP contribution in [0.5, 0.6) is 0 Å². The molecule has 2 aromatic rings. The van der Waals surface area contributed by atoms with E-state index in [0.29, 0.717) is 15.3 Å². The molecule has 0 N–H and O–H groups in total. The molecule has 2 rings (SSSR count). The molecule has 0 aliphatic carbocycles. The average molecular weight is 338 g/mol. The van der Waals surface area contributed by atoms with E-state index in [1.54, 1.807) is 6.07 Å². The van der Waals surface area contributed by atoms with Crippen molar-refractivity contribution < 1.29 is 4.39 Å². The van der Waals surface area contributed by atoms with Crippen LogP contribution in [-0.4, -0.2) is 9.36 Å². The van der Waals surface area contributed by atoms with Gasteiger partial charge in [-0.3, -0.25) is 0 Å². The fraction of sp³-hybridized carbons (Fsp3) is 0. The minimum absolute atomic E-state index is 0.297. The quantitative estimate of drug-likeness (QED) is 0.789. The molecule has 0 bridgehead atoms. The van der Waals surface area contributed by atoms with Gasteiger partial charge in [-0.2, -0.15) is 4.37 Å². The number of hydrogen-bond donors (Lipinski definition) is 0. The maximum Gasteiger partial charge on any atom is 0.179 e. The molecule has 0 atom stereocenters. The third-order valence-corrected chi connectivity index (χ3v) is 3.38. The second kappa shape index (κ2) is 4.04. The van der Waals surface area contributed by atoms with Crippen molar-refractivity contribution in [2.75, 3.05) is 0 Å². The molecule has 1 aromatic heterocycles. The van der Waals surface area contributed by atoms with Crippen molar-refractivity contribution in [1.82, 2.24) is 9.36 Å². The zero-order chi connectivity index (χ0) is 10.1. The average Bonchev–Trinajstić information content (AvgIpc) is 2.56. The van der Waals surface area contributed by atoms with Gasteiger partial charge in [0.1, 0.15) is 5.82 Å². The van der Waals surface area contributed by atoms with Crippen LogP contribution in [0.25, 0.3) is 11.4 Å². The summed E-state index contributed by atoms with van der Waals surface area (Å²) in [4.78, 5) is 4.11. The Bertz CT molecular complexity index is 472. The van der Waals surface area contributed by atoms with Gasteiger partial charge in [0.25, 0.3) is 0 Å². The van der Waals surface area contributed by atoms with E-state index in [9.17, 15) is 4.39 Å². The summed E-state index contributed by atoms with van der Waals surface area (Å²) in [5.74, 6) is 0.224. The van der Waals surface area contributed by atoms with Crippen molar-refractivity contribution in [2.45, 2.75) is 0 Å². The minimum Gasteiger partial charge on any atom is -0.208 e. The van der Waals surface area contributed by atoms with Crippen LogP contribution < -0.4 is 0 Å². The minimum atomic E-state index is -0.297. The van der Waals surface area contributed by atoms with Gasteiger partial charge in [0, 0.05) is 10.0 Å². The van der Waals surface area contributed by atoms with Crippen molar-refractivity contribution in [3.63, 3.8) is 0 Å². The smallest absolute Gasteiger partial charge is 0.179 e. The Labute approximate surface area is 101 Å². The Morgan fingerprint density at radius 2 is 2.07 bits per heavy atom. The zero-order valence-corrected chi connectivity index (χ0v) is 10.7. The number of nitrogens with zero attached hydrogens (tertiary/aromatic N) is 2. The summed E-state index contributed by atoms with van der Waals surface area (Å²) in [5.41, 5.74) is 0.659. The predicted octanol–water partition coefficient (Wildman–Crippen LogP) is 3.87. The second-order valence-corrected chi connectivity index (χ2v) is 5.38. The van der Waals surface area contributed by atoms with Gasteiger partial charge in [-0.1, -0.05) is 15.9 Å². The molecule has 0 unspecified atom stereocenters. The van der Waals surface area contributed by atoms with Crippen molar-refractivity contribution >= 4 is 43.4 Å². The largest absolute Gasteiger partial charge is 0.208 e. The lowest BCUT2D eigenvalue weighted by Gasteiger charge is -1.98. The summed E-state index contributed by atoms with van der Waals surface area (Å²) < 4.78 is 18.5. The van der Waals surface area contributed by atoms with Gasteiger partial charge in [0.05, 0.1) is 0 Å². The second-order valence-electron chi connectivity index (χ2n) is 2.50. The first kappa shape index (κ1) is 10.2. The number of benzene rings is 1. The monoisotopic (exact) mass is 336 g/mol. The number of hydrogen-bond acceptors (Lipinski definition) is 3. The summed E-state index contributed by atoms with van der Waals surface area (Å²) in [6.07, 6.45) is 0. The van der Waals surface area contributed by atoms with E-state index in [1.165, 1.54) is 23.7 Å². The fourth-order valence-corrected chi connectivity index (χ4v) is 2.22. The maximum atomic E-state index is 13.0. The molecule has 6 heteroatoms. The molecule has 0 aliphatic heterocycles. The number of rotatable bonds is 1. The van der Waals surface area contributed by atoms with Crippen molar-refractivity contribution in [3.8, 4) is 11.4 Å². The molecule has 2 nitrogen and oxygen atoms in total. The van der Waals surface area contributed by atoms with Crippen LogP contribution in [0.2, 0.25) is 0 Å². The van der Waals surface area contributed by atoms with Gasteiger partial charge in [-0.25, -0.2) is 9.37 Å². The Balaban J connectivity index is 2.55. The predicted molar refractivity (Wildman–Crippen MR) is 60.7 cm³/mol. The summed E-state index contributed by atoms with van der Waals surface area (Å²) in [6, 6.07) is 4.42. The van der Waals surface area contributed by atoms with E-state index in [2.05, 4.69) is 41.2 Å². The SMILES string of the molecule is Fc1ccc(Br)c(-c2nsc(Br)n2)c1. The molecule has 1 heterocycles. The molecular weight excluding hydrogens is 335 g/mol. The zero-order valence-electron chi connectivity index (χ0n) is 6.67. The molecule has 72 valence electrons. The topological polar surface area (TPSA) is 25.8 Å². The molecule has 0 saturated heterocycles. The summed E-state index contributed by atoms with van der Waals surface area (Å²) in [7, 11) is 0. The van der Waals surface area contributed by atoms with E-state index in [4.69, 9.17) is 0 Å². The highest BCUT2D eigenvalue weighted by Gasteiger charge is 2.09. The van der Waals surface area contributed by atoms with Crippen LogP contribution in [0.3, 0.4) is 0 Å². The highest BCUT2D eigenvalue weighted by Crippen LogP contribution is 2.28. The lowest BCUT2D eigenvalue weighted by atomic mass is 10.2. The first-order chi connectivity index (χ1) is 6.66. The lowest BCUT2D eigenvalue weighted by Crippen LogP contribution is -1.84. The van der Waals surface area contributed by atoms with Gasteiger partial charge < -0.3 is 0 Å². The molecule has 0 fully saturated rings. The Kier molecular flexibility index (Phi) is 2.94. The van der Waals surface area contributed by atoms with Gasteiger partial charge >= 0.3 is 0 Å². The van der Waals surface area contributed by atoms with Crippen molar-refractivity contribution in [2.24, 2.45) is 0 Å². The van der Waals surface area contributed by atoms with Gasteiger partial charge in [-0.05, 0) is 45.7 Å². The van der Waals surface area contributed by atoms with E-state index in [-0.39, 0.29) is 5.82 Å². The maximum absolute atomic E-state index is 13.0. The first-order valence-electron chi connectivity index (χ1n) is 3.61. The van der Waals surface area contributed by atoms with Gasteiger partial charge in [-0.15, -0.1) is 0 Å². The van der Waals surface area contributed by atoms with Gasteiger partial charge in [0.2, 0.25) is 0 Å². The highest BCUT2D eigenvalue weighted by atomic mass is 79.9. The van der Waals surface area contributed by atoms with Crippen molar-refractivity contribution in [3.05, 3.63) is 32.4 Å². The first-order valence-corrected chi connectivity index (χ1v) is 5.97. The third-order valence-electron chi connectivity index (χ3n) is 1.57. The summed E-state index contributed by atoms with van der Waals surface area (Å²) in [5, 5.41) is 0. The molecule has 0 aliphatic rings. The molecule has 0 radical (unpaired) electrons. The van der Waals surface area contributed by atoms with Crippen LogP contribution in [0, 0.1) is 5.82 Å². The van der Waals surface area contributed by atoms with E-state index < -0.39 is 0 Å². The molecular formula is C8H3Br2FN2S.